The van der Waals surface area contributed by atoms with E-state index >= 15 is 0 Å². The Hall–Kier alpha value is -3.50. The summed E-state index contributed by atoms with van der Waals surface area (Å²) in [5, 5.41) is 8.50. The van der Waals surface area contributed by atoms with E-state index in [-0.39, 0.29) is 11.5 Å². The van der Waals surface area contributed by atoms with Gasteiger partial charge in [-0.15, -0.1) is 0 Å². The molecule has 0 saturated heterocycles. The van der Waals surface area contributed by atoms with E-state index in [4.69, 9.17) is 0 Å². The summed E-state index contributed by atoms with van der Waals surface area (Å²) in [6.45, 7) is 15.1. The van der Waals surface area contributed by atoms with Gasteiger partial charge in [0, 0.05) is 31.2 Å². The third-order valence-electron chi connectivity index (χ3n) is 6.19. The second-order valence-electron chi connectivity index (χ2n) is 9.84. The summed E-state index contributed by atoms with van der Waals surface area (Å²) < 4.78 is 45.4. The zero-order chi connectivity index (χ0) is 26.6. The summed E-state index contributed by atoms with van der Waals surface area (Å²) >= 11 is 0. The number of aryl methyl sites for hydroxylation is 3. The minimum atomic E-state index is -4.72. The summed E-state index contributed by atoms with van der Waals surface area (Å²) in [5.74, 6) is 0.791. The average Bonchev–Trinajstić information content (AvgIpc) is 3.42. The van der Waals surface area contributed by atoms with Crippen LogP contribution in [0.3, 0.4) is 0 Å². The number of fused-ring (bicyclic) bond motifs is 1. The number of anilines is 1. The molecule has 8 nitrogen and oxygen atoms in total. The van der Waals surface area contributed by atoms with Gasteiger partial charge in [-0.2, -0.15) is 23.4 Å². The fraction of sp³-hybridized carbons (Fsp3) is 0.480. The minimum Gasteiger partial charge on any atom is -0.357 e. The quantitative estimate of drug-likeness (QED) is 0.474. The van der Waals surface area contributed by atoms with Gasteiger partial charge in [0.15, 0.2) is 11.5 Å². The first-order valence-corrected chi connectivity index (χ1v) is 11.9. The van der Waals surface area contributed by atoms with Crippen LogP contribution in [-0.2, 0) is 12.5 Å². The molecule has 0 radical (unpaired) electrons. The summed E-state index contributed by atoms with van der Waals surface area (Å²) in [5.41, 5.74) is 1.37. The first-order chi connectivity index (χ1) is 16.8. The number of halogens is 3. The molecule has 4 heterocycles. The van der Waals surface area contributed by atoms with Gasteiger partial charge in [-0.3, -0.25) is 4.68 Å². The Morgan fingerprint density at radius 2 is 1.69 bits per heavy atom. The van der Waals surface area contributed by atoms with Crippen molar-refractivity contribution in [3.05, 3.63) is 41.1 Å². The largest absolute Gasteiger partial charge is 0.437 e. The average molecular weight is 501 g/mol. The van der Waals surface area contributed by atoms with E-state index in [1.165, 1.54) is 4.68 Å². The molecule has 3 aromatic heterocycles. The van der Waals surface area contributed by atoms with Gasteiger partial charge in [0.25, 0.3) is 0 Å². The van der Waals surface area contributed by atoms with Crippen LogP contribution in [0.5, 0.6) is 0 Å². The van der Waals surface area contributed by atoms with Gasteiger partial charge < -0.3 is 4.90 Å². The molecule has 3 aromatic rings. The van der Waals surface area contributed by atoms with E-state index in [2.05, 4.69) is 30.1 Å². The molecule has 0 unspecified atom stereocenters. The predicted octanol–water partition coefficient (Wildman–Crippen LogP) is 5.34. The zero-order valence-electron chi connectivity index (χ0n) is 21.9. The van der Waals surface area contributed by atoms with Crippen molar-refractivity contribution in [2.45, 2.75) is 60.1 Å². The topological polar surface area (TPSA) is 76.5 Å². The molecule has 11 heteroatoms. The lowest BCUT2D eigenvalue weighted by atomic mass is 9.90. The Bertz CT molecular complexity index is 1350. The lowest BCUT2D eigenvalue weighted by Crippen LogP contribution is -2.29. The molecule has 0 bridgehead atoms. The number of aromatic nitrogens is 5. The van der Waals surface area contributed by atoms with E-state index in [0.29, 0.717) is 28.5 Å². The maximum absolute atomic E-state index is 14.2. The van der Waals surface area contributed by atoms with E-state index in [9.17, 15) is 13.2 Å². The standard InChI is InChI=1S/C25H31F3N8/c1-9-35(10-2)18-12-11-16(15(4)29-18)30-19-21(25(26,27)28)33-36-20(17-13-14(3)34(8)32-17)22(24(5,6)7)31-23(19)36/h11-13H,9-10H2,1-8H3/b30-19-. The number of hydrogen-bond donors (Lipinski definition) is 0. The molecule has 0 N–H and O–H groups in total. The maximum atomic E-state index is 14.2. The number of rotatable bonds is 5. The van der Waals surface area contributed by atoms with Crippen LogP contribution in [0.25, 0.3) is 11.4 Å². The zero-order valence-corrected chi connectivity index (χ0v) is 21.9. The second kappa shape index (κ2) is 8.86. The highest BCUT2D eigenvalue weighted by atomic mass is 19.4. The van der Waals surface area contributed by atoms with Gasteiger partial charge in [0.05, 0.1) is 17.1 Å². The van der Waals surface area contributed by atoms with E-state index in [0.717, 1.165) is 24.6 Å². The lowest BCUT2D eigenvalue weighted by Gasteiger charge is -2.20. The molecule has 192 valence electrons. The SMILES string of the molecule is CCN(CC)c1ccc(/N=C2/C(C(F)(F)F)=Nn3c2nc(C(C)(C)C)c3-c2cc(C)n(C)n2)c(C)n1. The van der Waals surface area contributed by atoms with Gasteiger partial charge in [-0.05, 0) is 45.9 Å². The Balaban J connectivity index is 1.94. The number of hydrogen-bond acceptors (Lipinski definition) is 6. The van der Waals surface area contributed by atoms with E-state index in [1.807, 2.05) is 47.6 Å². The van der Waals surface area contributed by atoms with E-state index in [1.54, 1.807) is 30.8 Å². The van der Waals surface area contributed by atoms with Gasteiger partial charge in [-0.25, -0.2) is 19.6 Å². The maximum Gasteiger partial charge on any atom is 0.437 e. The highest BCUT2D eigenvalue weighted by molar-refractivity contribution is 6.51. The molecular weight excluding hydrogens is 469 g/mol. The molecule has 4 rings (SSSR count). The van der Waals surface area contributed by atoms with Crippen molar-refractivity contribution in [1.29, 1.82) is 0 Å². The first kappa shape index (κ1) is 25.6. The third-order valence-corrected chi connectivity index (χ3v) is 6.19. The van der Waals surface area contributed by atoms with Crippen molar-refractivity contribution in [3.8, 4) is 11.4 Å². The van der Waals surface area contributed by atoms with Gasteiger partial charge >= 0.3 is 6.18 Å². The monoisotopic (exact) mass is 500 g/mol. The van der Waals surface area contributed by atoms with Gasteiger partial charge in [-0.1, -0.05) is 20.8 Å². The summed E-state index contributed by atoms with van der Waals surface area (Å²) in [6, 6.07) is 5.28. The fourth-order valence-electron chi connectivity index (χ4n) is 4.14. The van der Waals surface area contributed by atoms with Gasteiger partial charge in [0.2, 0.25) is 0 Å². The van der Waals surface area contributed by atoms with Crippen molar-refractivity contribution < 1.29 is 13.2 Å². The van der Waals surface area contributed by atoms with Crippen LogP contribution in [0.2, 0.25) is 0 Å². The Kier molecular flexibility index (Phi) is 6.30. The van der Waals surface area contributed by atoms with Crippen molar-refractivity contribution >= 4 is 22.9 Å². The van der Waals surface area contributed by atoms with Crippen molar-refractivity contribution in [3.63, 3.8) is 0 Å². The van der Waals surface area contributed by atoms with Crippen LogP contribution in [0.15, 0.2) is 28.3 Å². The minimum absolute atomic E-state index is 0.0396. The predicted molar refractivity (Wildman–Crippen MR) is 135 cm³/mol. The highest BCUT2D eigenvalue weighted by Gasteiger charge is 2.47. The summed E-state index contributed by atoms with van der Waals surface area (Å²) in [4.78, 5) is 15.7. The molecule has 0 saturated carbocycles. The van der Waals surface area contributed by atoms with Gasteiger partial charge in [0.1, 0.15) is 22.9 Å². The lowest BCUT2D eigenvalue weighted by molar-refractivity contribution is -0.0567. The van der Waals surface area contributed by atoms with Crippen LogP contribution >= 0.6 is 0 Å². The van der Waals surface area contributed by atoms with Crippen LogP contribution in [0.1, 0.15) is 57.5 Å². The van der Waals surface area contributed by atoms with Crippen LogP contribution in [-0.4, -0.2) is 55.1 Å². The van der Waals surface area contributed by atoms with Crippen LogP contribution in [0.4, 0.5) is 24.7 Å². The normalized spacial score (nSPS) is 15.0. The highest BCUT2D eigenvalue weighted by Crippen LogP contribution is 2.38. The second-order valence-corrected chi connectivity index (χ2v) is 9.84. The molecular formula is C25H31F3N8. The molecule has 1 aliphatic heterocycles. The number of pyridine rings is 1. The fourth-order valence-corrected chi connectivity index (χ4v) is 4.14. The molecule has 0 amide bonds. The van der Waals surface area contributed by atoms with Crippen molar-refractivity contribution in [2.24, 2.45) is 17.1 Å². The molecule has 0 aromatic carbocycles. The molecule has 0 aliphatic carbocycles. The van der Waals surface area contributed by atoms with Crippen molar-refractivity contribution in [1.82, 2.24) is 24.4 Å². The van der Waals surface area contributed by atoms with Crippen LogP contribution < -0.4 is 4.90 Å². The number of aliphatic imine (C=N–C) groups is 1. The Morgan fingerprint density at radius 1 is 1.03 bits per heavy atom. The molecule has 0 atom stereocenters. The van der Waals surface area contributed by atoms with E-state index < -0.39 is 17.3 Å². The summed E-state index contributed by atoms with van der Waals surface area (Å²) in [6.07, 6.45) is -4.72. The Morgan fingerprint density at radius 3 is 2.19 bits per heavy atom. The molecule has 0 fully saturated rings. The Labute approximate surface area is 208 Å². The van der Waals surface area contributed by atoms with Crippen LogP contribution in [0, 0.1) is 13.8 Å². The summed E-state index contributed by atoms with van der Waals surface area (Å²) in [7, 11) is 1.78. The number of nitrogens with zero attached hydrogens (tertiary/aromatic N) is 8. The molecule has 0 spiro atoms. The third kappa shape index (κ3) is 4.42. The number of imidazole rings is 1. The van der Waals surface area contributed by atoms with Crippen molar-refractivity contribution in [2.75, 3.05) is 18.0 Å². The molecule has 1 aliphatic rings. The first-order valence-electron chi connectivity index (χ1n) is 11.9. The molecule has 36 heavy (non-hydrogen) atoms. The smallest absolute Gasteiger partial charge is 0.357 e. The number of alkyl halides is 3.